The quantitative estimate of drug-likeness (QED) is 0.178. The van der Waals surface area contributed by atoms with Crippen LogP contribution in [0.2, 0.25) is 0 Å². The Kier molecular flexibility index (Phi) is 12.9. The van der Waals surface area contributed by atoms with Gasteiger partial charge in [0.15, 0.2) is 6.10 Å². The average molecular weight is 447 g/mol. The number of aliphatic hydroxyl groups excluding tert-OH is 4. The summed E-state index contributed by atoms with van der Waals surface area (Å²) < 4.78 is 16.4. The summed E-state index contributed by atoms with van der Waals surface area (Å²) in [7, 11) is 0. The van der Waals surface area contributed by atoms with E-state index < -0.39 is 43.1 Å². The van der Waals surface area contributed by atoms with Gasteiger partial charge in [-0.15, -0.1) is 0 Å². The van der Waals surface area contributed by atoms with Crippen molar-refractivity contribution in [2.24, 2.45) is 0 Å². The largest absolute Gasteiger partial charge is 0.394 e. The van der Waals surface area contributed by atoms with Crippen LogP contribution < -0.4 is 0 Å². The number of ether oxygens (including phenoxy) is 3. The molecule has 2 heterocycles. The Hall–Kier alpha value is -0.280. The van der Waals surface area contributed by atoms with Gasteiger partial charge in [0.05, 0.1) is 19.3 Å². The van der Waals surface area contributed by atoms with E-state index in [1.54, 1.807) is 0 Å². The van der Waals surface area contributed by atoms with E-state index in [2.05, 4.69) is 6.92 Å². The Morgan fingerprint density at radius 1 is 0.774 bits per heavy atom. The fraction of sp³-hybridized carbons (Fsp3) is 1.00. The summed E-state index contributed by atoms with van der Waals surface area (Å²) in [5.41, 5.74) is 0. The zero-order valence-corrected chi connectivity index (χ0v) is 19.4. The molecule has 0 aromatic rings. The van der Waals surface area contributed by atoms with E-state index in [0.29, 0.717) is 6.42 Å². The molecule has 2 fully saturated rings. The van der Waals surface area contributed by atoms with Crippen molar-refractivity contribution in [3.63, 3.8) is 0 Å². The smallest absolute Gasteiger partial charge is 0.314 e. The van der Waals surface area contributed by atoms with Crippen molar-refractivity contribution in [3.8, 4) is 0 Å². The number of aliphatic hydroxyl groups is 4. The summed E-state index contributed by atoms with van der Waals surface area (Å²) in [6.45, 7) is 2.06. The van der Waals surface area contributed by atoms with Gasteiger partial charge in [-0.3, -0.25) is 0 Å². The van der Waals surface area contributed by atoms with Gasteiger partial charge in [0.2, 0.25) is 0 Å². The van der Waals surface area contributed by atoms with Gasteiger partial charge < -0.3 is 34.6 Å². The second-order valence-corrected chi connectivity index (χ2v) is 9.28. The lowest BCUT2D eigenvalue weighted by Gasteiger charge is -2.32. The van der Waals surface area contributed by atoms with E-state index >= 15 is 0 Å². The van der Waals surface area contributed by atoms with Gasteiger partial charge in [-0.2, -0.15) is 0 Å². The maximum atomic E-state index is 10.2. The van der Waals surface area contributed by atoms with Crippen molar-refractivity contribution in [1.29, 1.82) is 0 Å². The molecular weight excluding hydrogens is 400 g/mol. The molecular formula is C24H46O7. The van der Waals surface area contributed by atoms with Crippen LogP contribution in [0.25, 0.3) is 0 Å². The molecule has 0 aromatic heterocycles. The van der Waals surface area contributed by atoms with Crippen LogP contribution in [0.5, 0.6) is 0 Å². The summed E-state index contributed by atoms with van der Waals surface area (Å²) in [4.78, 5) is 0. The normalized spacial score (nSPS) is 30.9. The van der Waals surface area contributed by atoms with Crippen LogP contribution in [0.15, 0.2) is 0 Å². The summed E-state index contributed by atoms with van der Waals surface area (Å²) in [5, 5.41) is 39.2. The van der Waals surface area contributed by atoms with Gasteiger partial charge in [0.1, 0.15) is 18.3 Å². The van der Waals surface area contributed by atoms with Crippen LogP contribution >= 0.6 is 0 Å². The predicted octanol–water partition coefficient (Wildman–Crippen LogP) is 3.40. The van der Waals surface area contributed by atoms with Gasteiger partial charge in [0, 0.05) is 0 Å². The molecule has 6 unspecified atom stereocenters. The summed E-state index contributed by atoms with van der Waals surface area (Å²) in [6, 6.07) is 0. The molecule has 7 heteroatoms. The third-order valence-electron chi connectivity index (χ3n) is 6.51. The minimum absolute atomic E-state index is 0.233. The van der Waals surface area contributed by atoms with E-state index in [0.717, 1.165) is 19.3 Å². The van der Waals surface area contributed by atoms with Crippen molar-refractivity contribution in [3.05, 3.63) is 0 Å². The molecule has 4 N–H and O–H groups in total. The van der Waals surface area contributed by atoms with E-state index in [1.807, 2.05) is 0 Å². The molecule has 2 aliphatic heterocycles. The number of fused-ring (bicyclic) bond motifs is 1. The molecule has 0 saturated carbocycles. The molecule has 0 bridgehead atoms. The minimum Gasteiger partial charge on any atom is -0.394 e. The standard InChI is InChI=1S/C24H46O7/c1-2-3-4-5-6-7-8-9-10-11-12-13-14-15-19(26)16-17-29-24-23(31-24)22(28)21(27)20(18-25)30-24/h19-23,25-28H,2-18H2,1H3. The molecule has 0 amide bonds. The Morgan fingerprint density at radius 3 is 1.87 bits per heavy atom. The third kappa shape index (κ3) is 9.24. The van der Waals surface area contributed by atoms with Gasteiger partial charge >= 0.3 is 5.97 Å². The van der Waals surface area contributed by atoms with Crippen molar-refractivity contribution >= 4 is 0 Å². The van der Waals surface area contributed by atoms with Crippen molar-refractivity contribution < 1.29 is 34.6 Å². The third-order valence-corrected chi connectivity index (χ3v) is 6.51. The van der Waals surface area contributed by atoms with Crippen LogP contribution in [-0.2, 0) is 14.2 Å². The molecule has 2 aliphatic rings. The first-order valence-electron chi connectivity index (χ1n) is 12.7. The van der Waals surface area contributed by atoms with Crippen molar-refractivity contribution in [1.82, 2.24) is 0 Å². The second kappa shape index (κ2) is 14.8. The number of epoxide rings is 1. The molecule has 6 atom stereocenters. The summed E-state index contributed by atoms with van der Waals surface area (Å²) >= 11 is 0. The molecule has 0 radical (unpaired) electrons. The maximum Gasteiger partial charge on any atom is 0.314 e. The minimum atomic E-state index is -1.39. The number of rotatable bonds is 19. The Balaban J connectivity index is 1.39. The van der Waals surface area contributed by atoms with Gasteiger partial charge in [-0.05, 0) is 12.8 Å². The van der Waals surface area contributed by atoms with E-state index in [-0.39, 0.29) is 6.61 Å². The van der Waals surface area contributed by atoms with Crippen LogP contribution in [0.3, 0.4) is 0 Å². The highest BCUT2D eigenvalue weighted by Crippen LogP contribution is 2.47. The molecule has 2 saturated heterocycles. The number of unbranched alkanes of at least 4 members (excludes halogenated alkanes) is 12. The molecule has 31 heavy (non-hydrogen) atoms. The lowest BCUT2D eigenvalue weighted by molar-refractivity contribution is -0.288. The van der Waals surface area contributed by atoms with E-state index in [4.69, 9.17) is 14.2 Å². The molecule has 0 aromatic carbocycles. The first-order valence-corrected chi connectivity index (χ1v) is 12.7. The zero-order valence-electron chi connectivity index (χ0n) is 19.4. The first kappa shape index (κ1) is 27.0. The van der Waals surface area contributed by atoms with Crippen molar-refractivity contribution in [2.45, 2.75) is 140 Å². The molecule has 0 aliphatic carbocycles. The lowest BCUT2D eigenvalue weighted by atomic mass is 10.0. The molecule has 184 valence electrons. The number of hydrogen-bond acceptors (Lipinski definition) is 7. The van der Waals surface area contributed by atoms with Crippen molar-refractivity contribution in [2.75, 3.05) is 13.2 Å². The molecule has 7 nitrogen and oxygen atoms in total. The SMILES string of the molecule is CCCCCCCCCCCCCCCC(O)CCOC12OC(CO)C(O)C(O)C1O2. The highest BCUT2D eigenvalue weighted by molar-refractivity contribution is 5.02. The Bertz CT molecular complexity index is 463. The summed E-state index contributed by atoms with van der Waals surface area (Å²) in [6.07, 6.45) is 13.7. The van der Waals surface area contributed by atoms with E-state index in [9.17, 15) is 20.4 Å². The number of hydrogen-bond donors (Lipinski definition) is 4. The topological polar surface area (TPSA) is 112 Å². The fourth-order valence-corrected chi connectivity index (χ4v) is 4.37. The average Bonchev–Trinajstić information content (AvgIpc) is 3.48. The van der Waals surface area contributed by atoms with Gasteiger partial charge in [-0.25, -0.2) is 0 Å². The van der Waals surface area contributed by atoms with Gasteiger partial charge in [-0.1, -0.05) is 90.4 Å². The Morgan fingerprint density at radius 2 is 1.32 bits per heavy atom. The predicted molar refractivity (Wildman–Crippen MR) is 118 cm³/mol. The summed E-state index contributed by atoms with van der Waals surface area (Å²) in [5.74, 6) is -1.39. The van der Waals surface area contributed by atoms with Crippen LogP contribution in [-0.4, -0.2) is 70.1 Å². The van der Waals surface area contributed by atoms with Crippen LogP contribution in [0.4, 0.5) is 0 Å². The maximum absolute atomic E-state index is 10.2. The fourth-order valence-electron chi connectivity index (χ4n) is 4.37. The van der Waals surface area contributed by atoms with E-state index in [1.165, 1.54) is 70.6 Å². The van der Waals surface area contributed by atoms with Crippen LogP contribution in [0.1, 0.15) is 103 Å². The Labute approximate surface area is 188 Å². The monoisotopic (exact) mass is 446 g/mol. The van der Waals surface area contributed by atoms with Crippen LogP contribution in [0, 0.1) is 0 Å². The first-order chi connectivity index (χ1) is 15.0. The highest BCUT2D eigenvalue weighted by atomic mass is 17.0. The molecule has 2 rings (SSSR count). The lowest BCUT2D eigenvalue weighted by Crippen LogP contribution is -2.53. The highest BCUT2D eigenvalue weighted by Gasteiger charge is 2.70. The van der Waals surface area contributed by atoms with Gasteiger partial charge in [0.25, 0.3) is 0 Å². The molecule has 0 spiro atoms. The second-order valence-electron chi connectivity index (χ2n) is 9.28. The zero-order chi connectivity index (χ0) is 22.5.